The third kappa shape index (κ3) is 4.54. The van der Waals surface area contributed by atoms with Gasteiger partial charge in [-0.15, -0.1) is 0 Å². The van der Waals surface area contributed by atoms with E-state index in [1.807, 2.05) is 61.0 Å². The summed E-state index contributed by atoms with van der Waals surface area (Å²) in [7, 11) is 0. The molecule has 1 aromatic carbocycles. The molecule has 6 heteroatoms. The number of nitrogens with one attached hydrogen (secondary N) is 1. The van der Waals surface area contributed by atoms with Crippen LogP contribution in [0.3, 0.4) is 0 Å². The third-order valence-electron chi connectivity index (χ3n) is 3.74. The number of hydrogen-bond acceptors (Lipinski definition) is 4. The standard InChI is InChI=1S/C19H21N3O2S/c1-14-12-15(2)22(21-14)17-7-5-16(6-8-17)19(23)20-9-11-25-13-18-4-3-10-24-18/h3-8,10,12H,9,11,13H2,1-2H3,(H,20,23). The van der Waals surface area contributed by atoms with Crippen LogP contribution in [0.25, 0.3) is 5.69 Å². The van der Waals surface area contributed by atoms with Gasteiger partial charge in [-0.25, -0.2) is 4.68 Å². The largest absolute Gasteiger partial charge is 0.468 e. The molecule has 0 bridgehead atoms. The highest BCUT2D eigenvalue weighted by molar-refractivity contribution is 7.98. The number of aromatic nitrogens is 2. The summed E-state index contributed by atoms with van der Waals surface area (Å²) in [6, 6.07) is 13.4. The van der Waals surface area contributed by atoms with Gasteiger partial charge in [0.05, 0.1) is 23.4 Å². The Morgan fingerprint density at radius 2 is 2.04 bits per heavy atom. The minimum absolute atomic E-state index is 0.0569. The quantitative estimate of drug-likeness (QED) is 0.656. The highest BCUT2D eigenvalue weighted by Gasteiger charge is 2.07. The molecule has 0 spiro atoms. The molecule has 0 saturated heterocycles. The van der Waals surface area contributed by atoms with E-state index in [1.165, 1.54) is 0 Å². The second-order valence-corrected chi connectivity index (χ2v) is 6.88. The number of nitrogens with zero attached hydrogens (tertiary/aromatic N) is 2. The molecular formula is C19H21N3O2S. The number of furan rings is 1. The van der Waals surface area contributed by atoms with Crippen LogP contribution < -0.4 is 5.32 Å². The number of aryl methyl sites for hydroxylation is 2. The molecule has 0 unspecified atom stereocenters. The van der Waals surface area contributed by atoms with Crippen molar-refractivity contribution in [1.29, 1.82) is 0 Å². The molecule has 25 heavy (non-hydrogen) atoms. The summed E-state index contributed by atoms with van der Waals surface area (Å²) in [6.45, 7) is 4.61. The molecule has 0 fully saturated rings. The Labute approximate surface area is 151 Å². The lowest BCUT2D eigenvalue weighted by Gasteiger charge is -2.07. The molecule has 0 aliphatic heterocycles. The van der Waals surface area contributed by atoms with E-state index in [0.717, 1.165) is 34.3 Å². The van der Waals surface area contributed by atoms with Crippen LogP contribution in [0.2, 0.25) is 0 Å². The zero-order chi connectivity index (χ0) is 17.6. The Morgan fingerprint density at radius 1 is 1.24 bits per heavy atom. The molecule has 3 aromatic rings. The zero-order valence-electron chi connectivity index (χ0n) is 14.4. The van der Waals surface area contributed by atoms with Crippen molar-refractivity contribution < 1.29 is 9.21 Å². The molecule has 0 radical (unpaired) electrons. The van der Waals surface area contributed by atoms with Crippen molar-refractivity contribution in [3.05, 3.63) is 71.4 Å². The smallest absolute Gasteiger partial charge is 0.251 e. The minimum Gasteiger partial charge on any atom is -0.468 e. The van der Waals surface area contributed by atoms with Crippen LogP contribution in [0, 0.1) is 13.8 Å². The van der Waals surface area contributed by atoms with Crippen molar-refractivity contribution in [2.75, 3.05) is 12.3 Å². The molecule has 130 valence electrons. The molecule has 2 aromatic heterocycles. The lowest BCUT2D eigenvalue weighted by molar-refractivity contribution is 0.0956. The summed E-state index contributed by atoms with van der Waals surface area (Å²) in [6.07, 6.45) is 1.67. The van der Waals surface area contributed by atoms with E-state index in [1.54, 1.807) is 18.0 Å². The fraction of sp³-hybridized carbons (Fsp3) is 0.263. The summed E-state index contributed by atoms with van der Waals surface area (Å²) in [5.41, 5.74) is 3.66. The Kier molecular flexibility index (Phi) is 5.60. The number of rotatable bonds is 7. The van der Waals surface area contributed by atoms with Gasteiger partial charge in [-0.05, 0) is 56.3 Å². The Morgan fingerprint density at radius 3 is 2.68 bits per heavy atom. The van der Waals surface area contributed by atoms with Crippen LogP contribution in [-0.2, 0) is 5.75 Å². The van der Waals surface area contributed by atoms with Crippen LogP contribution in [0.1, 0.15) is 27.5 Å². The second kappa shape index (κ2) is 8.07. The van der Waals surface area contributed by atoms with Crippen LogP contribution in [0.4, 0.5) is 0 Å². The van der Waals surface area contributed by atoms with Crippen molar-refractivity contribution in [3.8, 4) is 5.69 Å². The van der Waals surface area contributed by atoms with Crippen LogP contribution in [0.15, 0.2) is 53.1 Å². The topological polar surface area (TPSA) is 60.1 Å². The van der Waals surface area contributed by atoms with Gasteiger partial charge in [0.2, 0.25) is 0 Å². The maximum Gasteiger partial charge on any atom is 0.251 e. The van der Waals surface area contributed by atoms with Gasteiger partial charge in [-0.3, -0.25) is 4.79 Å². The zero-order valence-corrected chi connectivity index (χ0v) is 15.2. The van der Waals surface area contributed by atoms with E-state index in [2.05, 4.69) is 10.4 Å². The summed E-state index contributed by atoms with van der Waals surface area (Å²) < 4.78 is 7.15. The van der Waals surface area contributed by atoms with Gasteiger partial charge in [0.25, 0.3) is 5.91 Å². The highest BCUT2D eigenvalue weighted by atomic mass is 32.2. The summed E-state index contributed by atoms with van der Waals surface area (Å²) in [5.74, 6) is 2.56. The fourth-order valence-corrected chi connectivity index (χ4v) is 3.31. The van der Waals surface area contributed by atoms with Crippen molar-refractivity contribution in [1.82, 2.24) is 15.1 Å². The van der Waals surface area contributed by atoms with E-state index in [9.17, 15) is 4.79 Å². The number of amides is 1. The van der Waals surface area contributed by atoms with Crippen molar-refractivity contribution in [2.24, 2.45) is 0 Å². The van der Waals surface area contributed by atoms with E-state index >= 15 is 0 Å². The fourth-order valence-electron chi connectivity index (χ4n) is 2.55. The molecule has 1 amide bonds. The predicted octanol–water partition coefficient (Wildman–Crippen LogP) is 3.75. The van der Waals surface area contributed by atoms with Crippen LogP contribution >= 0.6 is 11.8 Å². The average Bonchev–Trinajstić information content (AvgIpc) is 3.24. The normalized spacial score (nSPS) is 10.8. The van der Waals surface area contributed by atoms with E-state index < -0.39 is 0 Å². The number of benzene rings is 1. The highest BCUT2D eigenvalue weighted by Crippen LogP contribution is 2.14. The van der Waals surface area contributed by atoms with Gasteiger partial charge < -0.3 is 9.73 Å². The van der Waals surface area contributed by atoms with Crippen LogP contribution in [0.5, 0.6) is 0 Å². The van der Waals surface area contributed by atoms with Gasteiger partial charge >= 0.3 is 0 Å². The number of thioether (sulfide) groups is 1. The third-order valence-corrected chi connectivity index (χ3v) is 4.72. The van der Waals surface area contributed by atoms with Crippen molar-refractivity contribution >= 4 is 17.7 Å². The van der Waals surface area contributed by atoms with E-state index in [4.69, 9.17) is 4.42 Å². The lowest BCUT2D eigenvalue weighted by Crippen LogP contribution is -2.25. The van der Waals surface area contributed by atoms with Crippen molar-refractivity contribution in [2.45, 2.75) is 19.6 Å². The summed E-state index contributed by atoms with van der Waals surface area (Å²) in [4.78, 5) is 12.2. The average molecular weight is 355 g/mol. The Hall–Kier alpha value is -2.47. The minimum atomic E-state index is -0.0569. The lowest BCUT2D eigenvalue weighted by atomic mass is 10.2. The van der Waals surface area contributed by atoms with Crippen molar-refractivity contribution in [3.63, 3.8) is 0 Å². The van der Waals surface area contributed by atoms with Gasteiger partial charge in [0.15, 0.2) is 0 Å². The Balaban J connectivity index is 1.48. The van der Waals surface area contributed by atoms with E-state index in [0.29, 0.717) is 12.1 Å². The number of hydrogen-bond donors (Lipinski definition) is 1. The first-order valence-corrected chi connectivity index (χ1v) is 9.31. The van der Waals surface area contributed by atoms with Crippen LogP contribution in [-0.4, -0.2) is 28.0 Å². The summed E-state index contributed by atoms with van der Waals surface area (Å²) in [5, 5.41) is 7.39. The molecule has 3 rings (SSSR count). The first-order chi connectivity index (χ1) is 12.1. The molecule has 2 heterocycles. The molecule has 0 atom stereocenters. The van der Waals surface area contributed by atoms with Gasteiger partial charge in [-0.1, -0.05) is 0 Å². The first-order valence-electron chi connectivity index (χ1n) is 8.15. The first kappa shape index (κ1) is 17.4. The van der Waals surface area contributed by atoms with E-state index in [-0.39, 0.29) is 5.91 Å². The monoisotopic (exact) mass is 355 g/mol. The summed E-state index contributed by atoms with van der Waals surface area (Å²) >= 11 is 1.73. The van der Waals surface area contributed by atoms with Gasteiger partial charge in [0.1, 0.15) is 5.76 Å². The van der Waals surface area contributed by atoms with Gasteiger partial charge in [0, 0.05) is 23.6 Å². The molecule has 0 aliphatic carbocycles. The number of carbonyl (C=O) groups excluding carboxylic acids is 1. The Bertz CT molecular complexity index is 823. The maximum atomic E-state index is 12.2. The maximum absolute atomic E-state index is 12.2. The predicted molar refractivity (Wildman–Crippen MR) is 100 cm³/mol. The van der Waals surface area contributed by atoms with Gasteiger partial charge in [-0.2, -0.15) is 16.9 Å². The SMILES string of the molecule is Cc1cc(C)n(-c2ccc(C(=O)NCCSCc3ccco3)cc2)n1. The molecule has 0 saturated carbocycles. The molecule has 0 aliphatic rings. The molecule has 1 N–H and O–H groups in total. The molecule has 5 nitrogen and oxygen atoms in total. The second-order valence-electron chi connectivity index (χ2n) is 5.77. The molecular weight excluding hydrogens is 334 g/mol. The number of carbonyl (C=O) groups is 1.